The van der Waals surface area contributed by atoms with Crippen molar-refractivity contribution in [1.82, 2.24) is 14.9 Å². The topological polar surface area (TPSA) is 46.9 Å². The number of thioether (sulfide) groups is 1. The third kappa shape index (κ3) is 1.92. The molecule has 0 radical (unpaired) electrons. The molecule has 1 atom stereocenters. The predicted octanol–water partition coefficient (Wildman–Crippen LogP) is 1.34. The van der Waals surface area contributed by atoms with Crippen molar-refractivity contribution in [3.8, 4) is 0 Å². The zero-order chi connectivity index (χ0) is 10.0. The van der Waals surface area contributed by atoms with Crippen molar-refractivity contribution in [3.63, 3.8) is 0 Å². The van der Waals surface area contributed by atoms with Crippen molar-refractivity contribution >= 4 is 17.8 Å². The number of nitrogens with zero attached hydrogens (tertiary/aromatic N) is 2. The van der Waals surface area contributed by atoms with E-state index >= 15 is 0 Å². The molecule has 0 aliphatic carbocycles. The van der Waals surface area contributed by atoms with Gasteiger partial charge < -0.3 is 5.32 Å². The molecule has 14 heavy (non-hydrogen) atoms. The van der Waals surface area contributed by atoms with Crippen LogP contribution in [0.2, 0.25) is 0 Å². The molecular weight excluding hydrogens is 198 g/mol. The Morgan fingerprint density at radius 3 is 3.14 bits per heavy atom. The van der Waals surface area contributed by atoms with Crippen LogP contribution in [0, 0.1) is 0 Å². The van der Waals surface area contributed by atoms with Crippen LogP contribution in [0.1, 0.15) is 13.3 Å². The van der Waals surface area contributed by atoms with Gasteiger partial charge in [-0.15, -0.1) is 0 Å². The fourth-order valence-electron chi connectivity index (χ4n) is 1.47. The summed E-state index contributed by atoms with van der Waals surface area (Å²) >= 11 is 1.88. The SMILES string of the molecule is CC1(NC(=O)n2ccnc2)CCSC1. The molecule has 1 fully saturated rings. The Hall–Kier alpha value is -0.970. The van der Waals surface area contributed by atoms with E-state index in [0.29, 0.717) is 0 Å². The quantitative estimate of drug-likeness (QED) is 0.762. The Balaban J connectivity index is 2.01. The van der Waals surface area contributed by atoms with Gasteiger partial charge in [-0.1, -0.05) is 0 Å². The second-order valence-corrected chi connectivity index (χ2v) is 4.87. The standard InChI is InChI=1S/C9H13N3OS/c1-9(2-5-14-6-9)11-8(13)12-4-3-10-7-12/h3-4,7H,2,5-6H2,1H3,(H,11,13). The minimum absolute atomic E-state index is 0.0496. The van der Waals surface area contributed by atoms with Gasteiger partial charge in [0.25, 0.3) is 0 Å². The summed E-state index contributed by atoms with van der Waals surface area (Å²) < 4.78 is 1.47. The number of hydrogen-bond acceptors (Lipinski definition) is 3. The van der Waals surface area contributed by atoms with Crippen molar-refractivity contribution in [3.05, 3.63) is 18.7 Å². The van der Waals surface area contributed by atoms with Crippen LogP contribution in [0.5, 0.6) is 0 Å². The molecule has 0 aromatic carbocycles. The molecule has 2 heterocycles. The maximum atomic E-state index is 11.7. The molecule has 1 amide bonds. The zero-order valence-electron chi connectivity index (χ0n) is 8.06. The normalized spacial score (nSPS) is 26.4. The van der Waals surface area contributed by atoms with Crippen LogP contribution in [0.3, 0.4) is 0 Å². The van der Waals surface area contributed by atoms with Crippen LogP contribution in [0.4, 0.5) is 4.79 Å². The van der Waals surface area contributed by atoms with Gasteiger partial charge in [0.15, 0.2) is 0 Å². The fourth-order valence-corrected chi connectivity index (χ4v) is 2.87. The lowest BCUT2D eigenvalue weighted by Gasteiger charge is -2.24. The first-order valence-corrected chi connectivity index (χ1v) is 5.73. The summed E-state index contributed by atoms with van der Waals surface area (Å²) in [5.41, 5.74) is -0.0496. The molecule has 0 saturated carbocycles. The summed E-state index contributed by atoms with van der Waals surface area (Å²) in [5.74, 6) is 2.12. The number of carbonyl (C=O) groups is 1. The van der Waals surface area contributed by atoms with Gasteiger partial charge in [-0.25, -0.2) is 9.78 Å². The molecule has 1 aliphatic rings. The average Bonchev–Trinajstić information content (AvgIpc) is 2.74. The monoisotopic (exact) mass is 211 g/mol. The van der Waals surface area contributed by atoms with Crippen molar-refractivity contribution in [2.24, 2.45) is 0 Å². The smallest absolute Gasteiger partial charge is 0.327 e. The van der Waals surface area contributed by atoms with E-state index in [0.717, 1.165) is 17.9 Å². The molecule has 1 saturated heterocycles. The second-order valence-electron chi connectivity index (χ2n) is 3.76. The lowest BCUT2D eigenvalue weighted by Crippen LogP contribution is -2.47. The molecule has 1 aliphatic heterocycles. The highest BCUT2D eigenvalue weighted by molar-refractivity contribution is 7.99. The maximum absolute atomic E-state index is 11.7. The van der Waals surface area contributed by atoms with E-state index in [9.17, 15) is 4.79 Å². The molecule has 1 N–H and O–H groups in total. The molecule has 1 aromatic heterocycles. The van der Waals surface area contributed by atoms with E-state index in [1.807, 2.05) is 11.8 Å². The van der Waals surface area contributed by atoms with Gasteiger partial charge in [0.2, 0.25) is 0 Å². The van der Waals surface area contributed by atoms with E-state index in [1.54, 1.807) is 12.4 Å². The van der Waals surface area contributed by atoms with Crippen molar-refractivity contribution in [1.29, 1.82) is 0 Å². The van der Waals surface area contributed by atoms with Gasteiger partial charge in [-0.2, -0.15) is 11.8 Å². The summed E-state index contributed by atoms with van der Waals surface area (Å²) in [6.45, 7) is 2.09. The van der Waals surface area contributed by atoms with Gasteiger partial charge in [-0.3, -0.25) is 4.57 Å². The van der Waals surface area contributed by atoms with E-state index in [-0.39, 0.29) is 11.6 Å². The number of aromatic nitrogens is 2. The maximum Gasteiger partial charge on any atom is 0.327 e. The molecule has 1 unspecified atom stereocenters. The first-order chi connectivity index (χ1) is 6.70. The van der Waals surface area contributed by atoms with Gasteiger partial charge in [0, 0.05) is 23.7 Å². The molecular formula is C9H13N3OS. The number of hydrogen-bond donors (Lipinski definition) is 1. The number of rotatable bonds is 1. The summed E-state index contributed by atoms with van der Waals surface area (Å²) in [6.07, 6.45) is 5.81. The van der Waals surface area contributed by atoms with Crippen molar-refractivity contribution in [2.45, 2.75) is 18.9 Å². The van der Waals surface area contributed by atoms with E-state index < -0.39 is 0 Å². The third-order valence-corrected chi connectivity index (χ3v) is 3.70. The molecule has 2 rings (SSSR count). The third-order valence-electron chi connectivity index (χ3n) is 2.37. The van der Waals surface area contributed by atoms with E-state index in [4.69, 9.17) is 0 Å². The van der Waals surface area contributed by atoms with Gasteiger partial charge >= 0.3 is 6.03 Å². The van der Waals surface area contributed by atoms with Crippen LogP contribution in [0.15, 0.2) is 18.7 Å². The zero-order valence-corrected chi connectivity index (χ0v) is 8.88. The second kappa shape index (κ2) is 3.65. The summed E-state index contributed by atoms with van der Waals surface area (Å²) in [7, 11) is 0. The van der Waals surface area contributed by atoms with Gasteiger partial charge in [-0.05, 0) is 19.1 Å². The highest BCUT2D eigenvalue weighted by Crippen LogP contribution is 2.27. The first kappa shape index (κ1) is 9.58. The summed E-state index contributed by atoms with van der Waals surface area (Å²) in [4.78, 5) is 15.5. The van der Waals surface area contributed by atoms with Crippen LogP contribution in [0.25, 0.3) is 0 Å². The van der Waals surface area contributed by atoms with Crippen LogP contribution in [-0.4, -0.2) is 32.6 Å². The minimum atomic E-state index is -0.0903. The van der Waals surface area contributed by atoms with E-state index in [2.05, 4.69) is 17.2 Å². The predicted molar refractivity (Wildman–Crippen MR) is 56.5 cm³/mol. The number of imidazole rings is 1. The largest absolute Gasteiger partial charge is 0.331 e. The molecule has 5 heteroatoms. The molecule has 1 aromatic rings. The molecule has 76 valence electrons. The lowest BCUT2D eigenvalue weighted by molar-refractivity contribution is 0.232. The van der Waals surface area contributed by atoms with Gasteiger partial charge in [0.1, 0.15) is 6.33 Å². The number of nitrogens with one attached hydrogen (secondary N) is 1. The Bertz CT molecular complexity index is 317. The number of amides is 1. The Morgan fingerprint density at radius 2 is 2.57 bits per heavy atom. The van der Waals surface area contributed by atoms with Crippen LogP contribution in [-0.2, 0) is 0 Å². The molecule has 4 nitrogen and oxygen atoms in total. The van der Waals surface area contributed by atoms with Crippen molar-refractivity contribution < 1.29 is 4.79 Å². The molecule has 0 spiro atoms. The van der Waals surface area contributed by atoms with Crippen LogP contribution >= 0.6 is 11.8 Å². The summed E-state index contributed by atoms with van der Waals surface area (Å²) in [5, 5.41) is 3.02. The Kier molecular flexibility index (Phi) is 2.50. The average molecular weight is 211 g/mol. The first-order valence-electron chi connectivity index (χ1n) is 4.58. The summed E-state index contributed by atoms with van der Waals surface area (Å²) in [6, 6.07) is -0.0903. The van der Waals surface area contributed by atoms with Crippen molar-refractivity contribution in [2.75, 3.05) is 11.5 Å². The molecule has 0 bridgehead atoms. The Morgan fingerprint density at radius 1 is 1.71 bits per heavy atom. The Labute approximate surface area is 87.1 Å². The fraction of sp³-hybridized carbons (Fsp3) is 0.556. The van der Waals surface area contributed by atoms with E-state index in [1.165, 1.54) is 10.9 Å². The minimum Gasteiger partial charge on any atom is -0.331 e. The highest BCUT2D eigenvalue weighted by atomic mass is 32.2. The highest BCUT2D eigenvalue weighted by Gasteiger charge is 2.30. The number of carbonyl (C=O) groups excluding carboxylic acids is 1. The van der Waals surface area contributed by atoms with Gasteiger partial charge in [0.05, 0.1) is 0 Å². The lowest BCUT2D eigenvalue weighted by atomic mass is 10.0. The van der Waals surface area contributed by atoms with Crippen LogP contribution < -0.4 is 5.32 Å².